The summed E-state index contributed by atoms with van der Waals surface area (Å²) in [5.41, 5.74) is 10.0. The summed E-state index contributed by atoms with van der Waals surface area (Å²) in [5, 5.41) is 10.6. The van der Waals surface area contributed by atoms with E-state index >= 15 is 0 Å². The lowest BCUT2D eigenvalue weighted by Gasteiger charge is -2.23. The topological polar surface area (TPSA) is 55.5 Å². The van der Waals surface area contributed by atoms with Crippen LogP contribution in [0.5, 0.6) is 5.75 Å². The number of rotatable bonds is 5. The second-order valence-corrected chi connectivity index (χ2v) is 5.43. The number of benzene rings is 2. The van der Waals surface area contributed by atoms with Crippen molar-refractivity contribution >= 4 is 0 Å². The van der Waals surface area contributed by atoms with E-state index in [1.165, 1.54) is 5.56 Å². The number of aryl methyl sites for hydroxylation is 2. The zero-order valence-electron chi connectivity index (χ0n) is 12.8. The van der Waals surface area contributed by atoms with Crippen LogP contribution in [0.1, 0.15) is 34.3 Å². The minimum absolute atomic E-state index is 0.151. The molecule has 21 heavy (non-hydrogen) atoms. The molecule has 0 bridgehead atoms. The fourth-order valence-electron chi connectivity index (χ4n) is 2.51. The summed E-state index contributed by atoms with van der Waals surface area (Å²) in [6.45, 7) is 4.40. The molecule has 2 rings (SSSR count). The Balaban J connectivity index is 2.32. The van der Waals surface area contributed by atoms with Gasteiger partial charge in [-0.2, -0.15) is 0 Å². The van der Waals surface area contributed by atoms with Gasteiger partial charge in [0.05, 0.1) is 13.2 Å². The van der Waals surface area contributed by atoms with E-state index in [2.05, 4.69) is 0 Å². The highest BCUT2D eigenvalue weighted by molar-refractivity contribution is 5.39. The van der Waals surface area contributed by atoms with E-state index < -0.39 is 6.10 Å². The molecule has 2 aromatic carbocycles. The van der Waals surface area contributed by atoms with Gasteiger partial charge in [-0.05, 0) is 36.6 Å². The quantitative estimate of drug-likeness (QED) is 0.887. The van der Waals surface area contributed by atoms with Gasteiger partial charge >= 0.3 is 0 Å². The average molecular weight is 285 g/mol. The Bertz CT molecular complexity index is 593. The van der Waals surface area contributed by atoms with Crippen LogP contribution in [0, 0.1) is 13.8 Å². The standard InChI is InChI=1S/C18H23NO2/c1-12-4-7-14(8-5-12)18(20)16(11-19)15-9-6-13(2)17(10-15)21-3/h4-10,16,18,20H,11,19H2,1-3H3. The maximum Gasteiger partial charge on any atom is 0.122 e. The van der Waals surface area contributed by atoms with E-state index in [-0.39, 0.29) is 5.92 Å². The van der Waals surface area contributed by atoms with Gasteiger partial charge < -0.3 is 15.6 Å². The number of methoxy groups -OCH3 is 1. The normalized spacial score (nSPS) is 13.8. The van der Waals surface area contributed by atoms with Gasteiger partial charge in [0.1, 0.15) is 5.75 Å². The first-order valence-corrected chi connectivity index (χ1v) is 7.16. The monoisotopic (exact) mass is 285 g/mol. The first-order valence-electron chi connectivity index (χ1n) is 7.16. The molecule has 0 aliphatic carbocycles. The van der Waals surface area contributed by atoms with Crippen molar-refractivity contribution in [1.29, 1.82) is 0 Å². The van der Waals surface area contributed by atoms with E-state index in [1.807, 2.05) is 56.3 Å². The molecule has 0 radical (unpaired) electrons. The number of aliphatic hydroxyl groups is 1. The summed E-state index contributed by atoms with van der Waals surface area (Å²) in [4.78, 5) is 0. The third-order valence-corrected chi connectivity index (χ3v) is 3.91. The van der Waals surface area contributed by atoms with Gasteiger partial charge in [0, 0.05) is 12.5 Å². The Labute approximate surface area is 126 Å². The van der Waals surface area contributed by atoms with Crippen molar-refractivity contribution < 1.29 is 9.84 Å². The fourth-order valence-corrected chi connectivity index (χ4v) is 2.51. The first-order chi connectivity index (χ1) is 10.1. The fraction of sp³-hybridized carbons (Fsp3) is 0.333. The predicted molar refractivity (Wildman–Crippen MR) is 85.7 cm³/mol. The van der Waals surface area contributed by atoms with Gasteiger partial charge in [-0.15, -0.1) is 0 Å². The Morgan fingerprint density at radius 2 is 1.67 bits per heavy atom. The number of nitrogens with two attached hydrogens (primary N) is 1. The van der Waals surface area contributed by atoms with Crippen LogP contribution in [0.15, 0.2) is 42.5 Å². The van der Waals surface area contributed by atoms with Crippen LogP contribution in [0.25, 0.3) is 0 Å². The third-order valence-electron chi connectivity index (χ3n) is 3.91. The Morgan fingerprint density at radius 1 is 1.05 bits per heavy atom. The molecule has 0 aliphatic heterocycles. The molecule has 0 saturated heterocycles. The lowest BCUT2D eigenvalue weighted by atomic mass is 9.88. The SMILES string of the molecule is COc1cc(C(CN)C(O)c2ccc(C)cc2)ccc1C. The summed E-state index contributed by atoms with van der Waals surface area (Å²) in [5.74, 6) is 0.671. The van der Waals surface area contributed by atoms with Crippen LogP contribution in [0.4, 0.5) is 0 Å². The van der Waals surface area contributed by atoms with E-state index in [4.69, 9.17) is 10.5 Å². The molecule has 0 heterocycles. The van der Waals surface area contributed by atoms with Crippen LogP contribution in [0.2, 0.25) is 0 Å². The highest BCUT2D eigenvalue weighted by atomic mass is 16.5. The largest absolute Gasteiger partial charge is 0.496 e. The average Bonchev–Trinajstić information content (AvgIpc) is 2.50. The summed E-state index contributed by atoms with van der Waals surface area (Å²) in [6, 6.07) is 13.9. The van der Waals surface area contributed by atoms with Crippen molar-refractivity contribution in [2.75, 3.05) is 13.7 Å². The first kappa shape index (κ1) is 15.5. The van der Waals surface area contributed by atoms with Crippen LogP contribution >= 0.6 is 0 Å². The zero-order valence-corrected chi connectivity index (χ0v) is 12.8. The van der Waals surface area contributed by atoms with Crippen LogP contribution in [-0.4, -0.2) is 18.8 Å². The minimum atomic E-state index is -0.622. The molecule has 3 N–H and O–H groups in total. The van der Waals surface area contributed by atoms with Crippen molar-refractivity contribution in [2.24, 2.45) is 5.73 Å². The number of ether oxygens (including phenoxy) is 1. The molecule has 0 aliphatic rings. The Morgan fingerprint density at radius 3 is 2.24 bits per heavy atom. The number of aliphatic hydroxyl groups excluding tert-OH is 1. The molecule has 2 aromatic rings. The smallest absolute Gasteiger partial charge is 0.122 e. The Kier molecular flexibility index (Phi) is 4.99. The predicted octanol–water partition coefficient (Wildman–Crippen LogP) is 3.09. The van der Waals surface area contributed by atoms with E-state index in [0.29, 0.717) is 6.54 Å². The molecule has 0 spiro atoms. The molecule has 2 atom stereocenters. The van der Waals surface area contributed by atoms with E-state index in [1.54, 1.807) is 7.11 Å². The third kappa shape index (κ3) is 3.43. The van der Waals surface area contributed by atoms with Crippen molar-refractivity contribution in [1.82, 2.24) is 0 Å². The second-order valence-electron chi connectivity index (χ2n) is 5.43. The van der Waals surface area contributed by atoms with Gasteiger partial charge in [-0.3, -0.25) is 0 Å². The highest BCUT2D eigenvalue weighted by Gasteiger charge is 2.22. The lowest BCUT2D eigenvalue weighted by Crippen LogP contribution is -2.20. The minimum Gasteiger partial charge on any atom is -0.496 e. The van der Waals surface area contributed by atoms with Crippen LogP contribution in [0.3, 0.4) is 0 Å². The molecule has 3 nitrogen and oxygen atoms in total. The van der Waals surface area contributed by atoms with E-state index in [0.717, 1.165) is 22.4 Å². The molecule has 112 valence electrons. The maximum absolute atomic E-state index is 10.6. The van der Waals surface area contributed by atoms with Gasteiger partial charge in [0.15, 0.2) is 0 Å². The van der Waals surface area contributed by atoms with Gasteiger partial charge in [0.2, 0.25) is 0 Å². The second kappa shape index (κ2) is 6.74. The van der Waals surface area contributed by atoms with Crippen molar-refractivity contribution in [2.45, 2.75) is 25.9 Å². The molecule has 2 unspecified atom stereocenters. The van der Waals surface area contributed by atoms with Crippen molar-refractivity contribution in [3.63, 3.8) is 0 Å². The number of hydrogen-bond acceptors (Lipinski definition) is 3. The van der Waals surface area contributed by atoms with Crippen molar-refractivity contribution in [3.8, 4) is 5.75 Å². The summed E-state index contributed by atoms with van der Waals surface area (Å²) in [6.07, 6.45) is -0.622. The van der Waals surface area contributed by atoms with Gasteiger partial charge in [-0.25, -0.2) is 0 Å². The van der Waals surface area contributed by atoms with Gasteiger partial charge in [0.25, 0.3) is 0 Å². The molecule has 3 heteroatoms. The summed E-state index contributed by atoms with van der Waals surface area (Å²) >= 11 is 0. The van der Waals surface area contributed by atoms with Crippen LogP contribution < -0.4 is 10.5 Å². The summed E-state index contributed by atoms with van der Waals surface area (Å²) in [7, 11) is 1.65. The molecule has 0 fully saturated rings. The molecule has 0 saturated carbocycles. The molecule has 0 aromatic heterocycles. The van der Waals surface area contributed by atoms with Crippen molar-refractivity contribution in [3.05, 3.63) is 64.7 Å². The summed E-state index contributed by atoms with van der Waals surface area (Å²) < 4.78 is 5.36. The molecular formula is C18H23NO2. The number of hydrogen-bond donors (Lipinski definition) is 2. The molecule has 0 amide bonds. The maximum atomic E-state index is 10.6. The zero-order chi connectivity index (χ0) is 15.4. The van der Waals surface area contributed by atoms with Gasteiger partial charge in [-0.1, -0.05) is 42.0 Å². The highest BCUT2D eigenvalue weighted by Crippen LogP contribution is 2.33. The van der Waals surface area contributed by atoms with Crippen LogP contribution in [-0.2, 0) is 0 Å². The Hall–Kier alpha value is -1.84. The van der Waals surface area contributed by atoms with E-state index in [9.17, 15) is 5.11 Å². The molecular weight excluding hydrogens is 262 g/mol. The lowest BCUT2D eigenvalue weighted by molar-refractivity contribution is 0.147.